The molecule has 0 aliphatic carbocycles. The summed E-state index contributed by atoms with van der Waals surface area (Å²) in [7, 11) is 2.94. The number of aliphatic hydroxyl groups excluding tert-OH is 1. The van der Waals surface area contributed by atoms with Crippen LogP contribution in [0, 0.1) is 0 Å². The van der Waals surface area contributed by atoms with E-state index in [0.29, 0.717) is 27.2 Å². The summed E-state index contributed by atoms with van der Waals surface area (Å²) in [6.07, 6.45) is 0. The highest BCUT2D eigenvalue weighted by Gasteiger charge is 2.48. The Bertz CT molecular complexity index is 1990. The first-order valence-electron chi connectivity index (χ1n) is 14.3. The lowest BCUT2D eigenvalue weighted by molar-refractivity contribution is -0.132. The number of aliphatic hydroxyl groups is 1. The van der Waals surface area contributed by atoms with Crippen LogP contribution in [0.15, 0.2) is 88.8 Å². The van der Waals surface area contributed by atoms with Crippen molar-refractivity contribution in [2.24, 2.45) is 0 Å². The number of fused-ring (bicyclic) bond motifs is 1. The van der Waals surface area contributed by atoms with Gasteiger partial charge >= 0.3 is 5.91 Å². The number of phenolic OH excluding ortho intramolecular Hbond substituents is 1. The number of benzene rings is 4. The maximum atomic E-state index is 13.7. The molecule has 12 heteroatoms. The number of methoxy groups -OCH3 is 2. The SMILES string of the molecule is CCOc1cc(C2C(=C(O)c3ccc(OC)c(OC)c3)C(=O)C(=O)N2c2nnc(SCc3cccc4ccccc34)s2)ccc1O. The molecular formula is C34H29N3O7S2. The van der Waals surface area contributed by atoms with E-state index in [1.807, 2.05) is 18.2 Å². The molecule has 6 rings (SSSR count). The van der Waals surface area contributed by atoms with Gasteiger partial charge in [-0.2, -0.15) is 0 Å². The lowest BCUT2D eigenvalue weighted by Gasteiger charge is -2.23. The van der Waals surface area contributed by atoms with Gasteiger partial charge in [0.1, 0.15) is 5.76 Å². The molecule has 10 nitrogen and oxygen atoms in total. The van der Waals surface area contributed by atoms with Crippen molar-refractivity contribution < 1.29 is 34.0 Å². The first kappa shape index (κ1) is 30.9. The number of aromatic nitrogens is 2. The Morgan fingerprint density at radius 2 is 1.72 bits per heavy atom. The van der Waals surface area contributed by atoms with Gasteiger partial charge in [0.05, 0.1) is 32.4 Å². The molecule has 1 aromatic heterocycles. The van der Waals surface area contributed by atoms with E-state index in [9.17, 15) is 19.8 Å². The average molecular weight is 656 g/mol. The van der Waals surface area contributed by atoms with Crippen molar-refractivity contribution in [3.05, 3.63) is 101 Å². The second-order valence-electron chi connectivity index (χ2n) is 10.2. The number of aromatic hydroxyl groups is 1. The molecule has 0 radical (unpaired) electrons. The number of Topliss-reactive ketones (excluding diaryl/α,β-unsaturated/α-hetero) is 1. The molecule has 1 unspecified atom stereocenters. The highest BCUT2D eigenvalue weighted by atomic mass is 32.2. The zero-order valence-electron chi connectivity index (χ0n) is 25.1. The molecular weight excluding hydrogens is 627 g/mol. The van der Waals surface area contributed by atoms with Crippen molar-refractivity contribution in [2.75, 3.05) is 25.7 Å². The Labute approximate surface area is 272 Å². The van der Waals surface area contributed by atoms with Gasteiger partial charge in [0.15, 0.2) is 27.3 Å². The number of carbonyl (C=O) groups excluding carboxylic acids is 2. The Kier molecular flexibility index (Phi) is 8.82. The number of ether oxygens (including phenoxy) is 3. The van der Waals surface area contributed by atoms with E-state index < -0.39 is 23.5 Å². The number of thioether (sulfide) groups is 1. The predicted molar refractivity (Wildman–Crippen MR) is 177 cm³/mol. The van der Waals surface area contributed by atoms with E-state index in [-0.39, 0.29) is 34.4 Å². The Balaban J connectivity index is 1.41. The topological polar surface area (TPSA) is 131 Å². The van der Waals surface area contributed by atoms with Gasteiger partial charge in [0, 0.05) is 11.3 Å². The highest BCUT2D eigenvalue weighted by molar-refractivity contribution is 8.00. The second kappa shape index (κ2) is 13.1. The first-order chi connectivity index (χ1) is 22.3. The third kappa shape index (κ3) is 5.72. The molecule has 46 heavy (non-hydrogen) atoms. The van der Waals surface area contributed by atoms with E-state index in [1.165, 1.54) is 54.4 Å². The van der Waals surface area contributed by atoms with Crippen LogP contribution in [0.25, 0.3) is 16.5 Å². The summed E-state index contributed by atoms with van der Waals surface area (Å²) in [6.45, 7) is 2.05. The van der Waals surface area contributed by atoms with Crippen LogP contribution in [-0.2, 0) is 15.3 Å². The van der Waals surface area contributed by atoms with Crippen LogP contribution in [0.1, 0.15) is 29.7 Å². The molecule has 1 aliphatic heterocycles. The summed E-state index contributed by atoms with van der Waals surface area (Å²) in [4.78, 5) is 28.6. The normalized spacial score (nSPS) is 15.8. The van der Waals surface area contributed by atoms with Crippen LogP contribution in [0.3, 0.4) is 0 Å². The van der Waals surface area contributed by atoms with Crippen LogP contribution in [0.2, 0.25) is 0 Å². The summed E-state index contributed by atoms with van der Waals surface area (Å²) in [5.41, 5.74) is 1.63. The molecule has 234 valence electrons. The van der Waals surface area contributed by atoms with Gasteiger partial charge in [0.2, 0.25) is 5.13 Å². The maximum absolute atomic E-state index is 13.7. The summed E-state index contributed by atoms with van der Waals surface area (Å²) >= 11 is 2.64. The minimum atomic E-state index is -1.10. The van der Waals surface area contributed by atoms with Crippen molar-refractivity contribution in [3.8, 4) is 23.0 Å². The quantitative estimate of drug-likeness (QED) is 0.0549. The molecule has 2 N–H and O–H groups in total. The predicted octanol–water partition coefficient (Wildman–Crippen LogP) is 6.73. The van der Waals surface area contributed by atoms with Crippen LogP contribution in [-0.4, -0.2) is 52.9 Å². The largest absolute Gasteiger partial charge is 0.507 e. The van der Waals surface area contributed by atoms with Crippen molar-refractivity contribution in [3.63, 3.8) is 0 Å². The zero-order chi connectivity index (χ0) is 32.4. The van der Waals surface area contributed by atoms with Crippen molar-refractivity contribution in [2.45, 2.75) is 23.1 Å². The van der Waals surface area contributed by atoms with Crippen molar-refractivity contribution in [1.29, 1.82) is 0 Å². The molecule has 4 aromatic carbocycles. The average Bonchev–Trinajstić information content (AvgIpc) is 3.65. The lowest BCUT2D eigenvalue weighted by Crippen LogP contribution is -2.29. The van der Waals surface area contributed by atoms with Gasteiger partial charge in [0.25, 0.3) is 5.78 Å². The summed E-state index contributed by atoms with van der Waals surface area (Å²) in [5, 5.41) is 33.1. The zero-order valence-corrected chi connectivity index (χ0v) is 26.7. The molecule has 0 bridgehead atoms. The fourth-order valence-corrected chi connectivity index (χ4v) is 7.24. The van der Waals surface area contributed by atoms with Gasteiger partial charge in [-0.25, -0.2) is 0 Å². The smallest absolute Gasteiger partial charge is 0.301 e. The minimum absolute atomic E-state index is 0.106. The number of phenols is 1. The molecule has 1 amide bonds. The summed E-state index contributed by atoms with van der Waals surface area (Å²) < 4.78 is 16.9. The van der Waals surface area contributed by atoms with E-state index in [2.05, 4.69) is 34.5 Å². The molecule has 1 atom stereocenters. The maximum Gasteiger partial charge on any atom is 0.301 e. The van der Waals surface area contributed by atoms with Crippen molar-refractivity contribution >= 4 is 56.5 Å². The Morgan fingerprint density at radius 1 is 0.935 bits per heavy atom. The molecule has 0 spiro atoms. The van der Waals surface area contributed by atoms with Gasteiger partial charge in [-0.15, -0.1) is 10.2 Å². The van der Waals surface area contributed by atoms with Crippen LogP contribution in [0.5, 0.6) is 23.0 Å². The van der Waals surface area contributed by atoms with Gasteiger partial charge < -0.3 is 24.4 Å². The van der Waals surface area contributed by atoms with Crippen LogP contribution in [0.4, 0.5) is 5.13 Å². The van der Waals surface area contributed by atoms with Crippen LogP contribution >= 0.6 is 23.1 Å². The first-order valence-corrected chi connectivity index (χ1v) is 16.1. The number of ketones is 1. The number of amides is 1. The summed E-state index contributed by atoms with van der Waals surface area (Å²) in [5.74, 6) is -0.745. The highest BCUT2D eigenvalue weighted by Crippen LogP contribution is 2.46. The van der Waals surface area contributed by atoms with Gasteiger partial charge in [-0.05, 0) is 59.2 Å². The Hall–Kier alpha value is -5.07. The molecule has 0 saturated carbocycles. The standard InChI is InChI=1S/C34H29N3O7S2/c1-4-44-26-16-20(12-14-24(26)38)29-28(30(39)21-13-15-25(42-2)27(17-21)43-3)31(40)32(41)37(29)33-35-36-34(46-33)45-18-22-10-7-9-19-8-5-6-11-23(19)22/h5-17,29,38-39H,4,18H2,1-3H3. The fourth-order valence-electron chi connectivity index (χ4n) is 5.37. The second-order valence-corrected chi connectivity index (χ2v) is 12.4. The number of hydrogen-bond donors (Lipinski definition) is 2. The fraction of sp³-hybridized carbons (Fsp3) is 0.176. The van der Waals surface area contributed by atoms with E-state index in [4.69, 9.17) is 14.2 Å². The van der Waals surface area contributed by atoms with E-state index in [0.717, 1.165) is 16.3 Å². The number of anilines is 1. The van der Waals surface area contributed by atoms with Gasteiger partial charge in [-0.1, -0.05) is 71.6 Å². The van der Waals surface area contributed by atoms with E-state index in [1.54, 1.807) is 31.2 Å². The number of hydrogen-bond acceptors (Lipinski definition) is 11. The Morgan fingerprint density at radius 3 is 2.50 bits per heavy atom. The third-order valence-electron chi connectivity index (χ3n) is 7.53. The molecule has 1 fully saturated rings. The lowest BCUT2D eigenvalue weighted by atomic mass is 9.95. The number of rotatable bonds is 10. The number of carbonyl (C=O) groups is 2. The molecule has 1 aliphatic rings. The third-order valence-corrected chi connectivity index (χ3v) is 9.64. The molecule has 1 saturated heterocycles. The number of nitrogens with zero attached hydrogens (tertiary/aromatic N) is 3. The summed E-state index contributed by atoms with van der Waals surface area (Å²) in [6, 6.07) is 22.4. The van der Waals surface area contributed by atoms with Gasteiger partial charge in [-0.3, -0.25) is 14.5 Å². The van der Waals surface area contributed by atoms with Crippen molar-refractivity contribution in [1.82, 2.24) is 10.2 Å². The van der Waals surface area contributed by atoms with E-state index >= 15 is 0 Å². The minimum Gasteiger partial charge on any atom is -0.507 e. The molecule has 2 heterocycles. The molecule has 5 aromatic rings. The monoisotopic (exact) mass is 655 g/mol. The van der Waals surface area contributed by atoms with Crippen LogP contribution < -0.4 is 19.1 Å².